The first-order valence-electron chi connectivity index (χ1n) is 9.09. The minimum Gasteiger partial charge on any atom is -0.383 e. The molecule has 0 saturated carbocycles. The fourth-order valence-electron chi connectivity index (χ4n) is 2.73. The molecule has 7 nitrogen and oxygen atoms in total. The maximum absolute atomic E-state index is 12.3. The van der Waals surface area contributed by atoms with Crippen LogP contribution in [0.2, 0.25) is 0 Å². The van der Waals surface area contributed by atoms with Crippen molar-refractivity contribution in [3.63, 3.8) is 0 Å². The highest BCUT2D eigenvalue weighted by molar-refractivity contribution is 7.13. The van der Waals surface area contributed by atoms with Crippen molar-refractivity contribution in [2.45, 2.75) is 26.8 Å². The summed E-state index contributed by atoms with van der Waals surface area (Å²) in [6, 6.07) is 7.85. The smallest absolute Gasteiger partial charge is 0.230 e. The number of rotatable bonds is 8. The van der Waals surface area contributed by atoms with Gasteiger partial charge < -0.3 is 19.9 Å². The van der Waals surface area contributed by atoms with Crippen LogP contribution >= 0.6 is 11.3 Å². The van der Waals surface area contributed by atoms with Gasteiger partial charge in [-0.2, -0.15) is 0 Å². The van der Waals surface area contributed by atoms with Crippen molar-refractivity contribution in [1.29, 1.82) is 0 Å². The summed E-state index contributed by atoms with van der Waals surface area (Å²) in [4.78, 5) is 28.4. The predicted molar refractivity (Wildman–Crippen MR) is 112 cm³/mol. The fraction of sp³-hybridized carbons (Fsp3) is 0.350. The number of nitrogens with one attached hydrogen (secondary N) is 2. The molecular weight excluding hydrogens is 376 g/mol. The van der Waals surface area contributed by atoms with Crippen molar-refractivity contribution >= 4 is 44.9 Å². The maximum atomic E-state index is 12.3. The lowest BCUT2D eigenvalue weighted by atomic mass is 10.2. The van der Waals surface area contributed by atoms with Crippen LogP contribution in [0.1, 0.15) is 19.5 Å². The van der Waals surface area contributed by atoms with Crippen molar-refractivity contribution in [3.8, 4) is 0 Å². The van der Waals surface area contributed by atoms with Crippen LogP contribution in [-0.4, -0.2) is 35.1 Å². The number of amides is 2. The Bertz CT molecular complexity index is 977. The van der Waals surface area contributed by atoms with Gasteiger partial charge in [-0.25, -0.2) is 4.98 Å². The number of nitrogens with zero attached hydrogens (tertiary/aromatic N) is 2. The number of anilines is 2. The van der Waals surface area contributed by atoms with Gasteiger partial charge in [0.15, 0.2) is 5.13 Å². The monoisotopic (exact) mass is 400 g/mol. The Balaban J connectivity index is 1.60. The van der Waals surface area contributed by atoms with Crippen LogP contribution in [0.25, 0.3) is 10.9 Å². The van der Waals surface area contributed by atoms with Gasteiger partial charge >= 0.3 is 0 Å². The molecule has 0 radical (unpaired) electrons. The van der Waals surface area contributed by atoms with Gasteiger partial charge in [-0.1, -0.05) is 13.8 Å². The van der Waals surface area contributed by atoms with Crippen LogP contribution < -0.4 is 10.6 Å². The second kappa shape index (κ2) is 8.99. The van der Waals surface area contributed by atoms with E-state index in [1.807, 2.05) is 44.3 Å². The normalized spacial score (nSPS) is 11.1. The number of thiazole rings is 1. The summed E-state index contributed by atoms with van der Waals surface area (Å²) in [5, 5.41) is 9.01. The largest absolute Gasteiger partial charge is 0.383 e. The summed E-state index contributed by atoms with van der Waals surface area (Å²) < 4.78 is 7.24. The highest BCUT2D eigenvalue weighted by atomic mass is 32.1. The van der Waals surface area contributed by atoms with Crippen molar-refractivity contribution < 1.29 is 14.3 Å². The molecule has 148 valence electrons. The lowest BCUT2D eigenvalue weighted by molar-refractivity contribution is -0.119. The van der Waals surface area contributed by atoms with Gasteiger partial charge in [0.25, 0.3) is 0 Å². The third-order valence-corrected chi connectivity index (χ3v) is 5.05. The van der Waals surface area contributed by atoms with Crippen LogP contribution in [-0.2, 0) is 27.3 Å². The van der Waals surface area contributed by atoms with E-state index in [-0.39, 0.29) is 24.2 Å². The first kappa shape index (κ1) is 20.0. The van der Waals surface area contributed by atoms with Crippen molar-refractivity contribution in [3.05, 3.63) is 41.5 Å². The molecular formula is C20H24N4O3S. The molecule has 2 N–H and O–H groups in total. The van der Waals surface area contributed by atoms with E-state index in [0.29, 0.717) is 17.4 Å². The number of hydrogen-bond donors (Lipinski definition) is 2. The Kier molecular flexibility index (Phi) is 6.43. The van der Waals surface area contributed by atoms with E-state index in [9.17, 15) is 9.59 Å². The molecule has 2 amide bonds. The van der Waals surface area contributed by atoms with Gasteiger partial charge in [-0.05, 0) is 24.3 Å². The highest BCUT2D eigenvalue weighted by Crippen LogP contribution is 2.21. The zero-order valence-electron chi connectivity index (χ0n) is 16.2. The van der Waals surface area contributed by atoms with Crippen LogP contribution in [0.4, 0.5) is 10.8 Å². The van der Waals surface area contributed by atoms with E-state index < -0.39 is 0 Å². The summed E-state index contributed by atoms with van der Waals surface area (Å²) in [6.45, 7) is 5.07. The highest BCUT2D eigenvalue weighted by Gasteiger charge is 2.12. The molecule has 1 aromatic carbocycles. The average Bonchev–Trinajstić information content (AvgIpc) is 3.26. The second-order valence-corrected chi connectivity index (χ2v) is 7.65. The molecule has 0 atom stereocenters. The molecule has 28 heavy (non-hydrogen) atoms. The van der Waals surface area contributed by atoms with Gasteiger partial charge in [0.2, 0.25) is 11.8 Å². The quantitative estimate of drug-likeness (QED) is 0.606. The van der Waals surface area contributed by atoms with Crippen molar-refractivity contribution in [1.82, 2.24) is 9.55 Å². The molecule has 0 aliphatic carbocycles. The number of carbonyl (C=O) groups excluding carboxylic acids is 2. The Morgan fingerprint density at radius 3 is 2.82 bits per heavy atom. The van der Waals surface area contributed by atoms with Crippen molar-refractivity contribution in [2.75, 3.05) is 24.4 Å². The molecule has 0 spiro atoms. The minimum atomic E-state index is -0.148. The number of aromatic nitrogens is 2. The van der Waals surface area contributed by atoms with E-state index in [2.05, 4.69) is 20.2 Å². The van der Waals surface area contributed by atoms with Gasteiger partial charge in [0.1, 0.15) is 0 Å². The second-order valence-electron chi connectivity index (χ2n) is 6.79. The summed E-state index contributed by atoms with van der Waals surface area (Å²) in [6.07, 6.45) is 2.17. The number of ether oxygens (including phenoxy) is 1. The molecule has 2 aromatic heterocycles. The number of carbonyl (C=O) groups is 2. The third kappa shape index (κ3) is 4.96. The molecule has 0 unspecified atom stereocenters. The molecule has 0 bridgehead atoms. The maximum Gasteiger partial charge on any atom is 0.230 e. The number of hydrogen-bond acceptors (Lipinski definition) is 5. The SMILES string of the molecule is COCCn1ccc2cc(NC(=O)Cc3csc(NC(=O)C(C)C)n3)ccc21. The number of fused-ring (bicyclic) bond motifs is 1. The van der Waals surface area contributed by atoms with Crippen molar-refractivity contribution in [2.24, 2.45) is 5.92 Å². The Labute approximate surface area is 167 Å². The van der Waals surface area contributed by atoms with Crippen LogP contribution in [0.3, 0.4) is 0 Å². The van der Waals surface area contributed by atoms with E-state index in [4.69, 9.17) is 4.74 Å². The Morgan fingerprint density at radius 2 is 2.07 bits per heavy atom. The molecule has 0 fully saturated rings. The molecule has 0 aliphatic heterocycles. The lowest BCUT2D eigenvalue weighted by Gasteiger charge is -2.07. The summed E-state index contributed by atoms with van der Waals surface area (Å²) in [5.41, 5.74) is 2.47. The minimum absolute atomic E-state index is 0.0870. The topological polar surface area (TPSA) is 85.2 Å². The summed E-state index contributed by atoms with van der Waals surface area (Å²) >= 11 is 1.32. The third-order valence-electron chi connectivity index (χ3n) is 4.24. The van der Waals surface area contributed by atoms with Gasteiger partial charge in [-0.15, -0.1) is 11.3 Å². The molecule has 2 heterocycles. The van der Waals surface area contributed by atoms with Crippen LogP contribution in [0, 0.1) is 5.92 Å². The zero-order chi connectivity index (χ0) is 20.1. The van der Waals surface area contributed by atoms with Gasteiger partial charge in [0.05, 0.1) is 18.7 Å². The number of methoxy groups -OCH3 is 1. The van der Waals surface area contributed by atoms with E-state index in [1.54, 1.807) is 12.5 Å². The summed E-state index contributed by atoms with van der Waals surface area (Å²) in [5.74, 6) is -0.351. The molecule has 3 rings (SSSR count). The molecule has 3 aromatic rings. The summed E-state index contributed by atoms with van der Waals surface area (Å²) in [7, 11) is 1.68. The molecule has 0 aliphatic rings. The molecule has 0 saturated heterocycles. The van der Waals surface area contributed by atoms with Crippen LogP contribution in [0.15, 0.2) is 35.8 Å². The lowest BCUT2D eigenvalue weighted by Crippen LogP contribution is -2.18. The van der Waals surface area contributed by atoms with E-state index in [1.165, 1.54) is 11.3 Å². The van der Waals surface area contributed by atoms with E-state index >= 15 is 0 Å². The molecule has 8 heteroatoms. The van der Waals surface area contributed by atoms with Gasteiger partial charge in [-0.3, -0.25) is 9.59 Å². The predicted octanol–water partition coefficient (Wildman–Crippen LogP) is 3.52. The first-order chi connectivity index (χ1) is 13.5. The Hall–Kier alpha value is -2.71. The average molecular weight is 401 g/mol. The zero-order valence-corrected chi connectivity index (χ0v) is 17.0. The fourth-order valence-corrected chi connectivity index (χ4v) is 3.44. The van der Waals surface area contributed by atoms with E-state index in [0.717, 1.165) is 23.1 Å². The Morgan fingerprint density at radius 1 is 1.25 bits per heavy atom. The standard InChI is InChI=1S/C20H24N4O3S/c1-13(2)19(26)23-20-22-16(12-28-20)11-18(25)21-15-4-5-17-14(10-15)6-7-24(17)8-9-27-3/h4-7,10,12-13H,8-9,11H2,1-3H3,(H,21,25)(H,22,23,26). The van der Waals surface area contributed by atoms with Gasteiger partial charge in [0, 0.05) is 47.7 Å². The number of benzene rings is 1. The first-order valence-corrected chi connectivity index (χ1v) is 9.97. The van der Waals surface area contributed by atoms with Crippen LogP contribution in [0.5, 0.6) is 0 Å².